The standard InChI is InChI=1S/C12H18N4S2/c1-13-7-10-11(14-12-16(10)4-6-18-12)15(2)9-3-5-17-8-9/h4,6,9,13H,3,5,7-8H2,1-2H3. The van der Waals surface area contributed by atoms with E-state index in [1.54, 1.807) is 11.3 Å². The monoisotopic (exact) mass is 282 g/mol. The Kier molecular flexibility index (Phi) is 3.50. The van der Waals surface area contributed by atoms with Crippen LogP contribution in [0.1, 0.15) is 12.1 Å². The zero-order valence-corrected chi connectivity index (χ0v) is 12.4. The molecule has 3 heterocycles. The van der Waals surface area contributed by atoms with Crippen LogP contribution in [0.5, 0.6) is 0 Å². The summed E-state index contributed by atoms with van der Waals surface area (Å²) in [5, 5.41) is 5.34. The number of thiazole rings is 1. The maximum Gasteiger partial charge on any atom is 0.195 e. The third kappa shape index (κ3) is 2.02. The summed E-state index contributed by atoms with van der Waals surface area (Å²) in [5.41, 5.74) is 1.27. The van der Waals surface area contributed by atoms with Crippen LogP contribution in [0.3, 0.4) is 0 Å². The second-order valence-electron chi connectivity index (χ2n) is 4.60. The van der Waals surface area contributed by atoms with Crippen molar-refractivity contribution in [2.75, 3.05) is 30.5 Å². The van der Waals surface area contributed by atoms with Crippen molar-refractivity contribution >= 4 is 33.9 Å². The number of thioether (sulfide) groups is 1. The molecule has 6 heteroatoms. The van der Waals surface area contributed by atoms with E-state index in [2.05, 4.69) is 33.2 Å². The highest BCUT2D eigenvalue weighted by atomic mass is 32.2. The summed E-state index contributed by atoms with van der Waals surface area (Å²) in [4.78, 5) is 8.25. The number of hydrogen-bond acceptors (Lipinski definition) is 5. The fourth-order valence-corrected chi connectivity index (χ4v) is 4.43. The average molecular weight is 282 g/mol. The van der Waals surface area contributed by atoms with Crippen molar-refractivity contribution in [1.29, 1.82) is 0 Å². The molecule has 1 aliphatic heterocycles. The molecular formula is C12H18N4S2. The van der Waals surface area contributed by atoms with E-state index in [4.69, 9.17) is 4.98 Å². The van der Waals surface area contributed by atoms with Crippen molar-refractivity contribution in [3.8, 4) is 0 Å². The molecule has 0 saturated carbocycles. The summed E-state index contributed by atoms with van der Waals surface area (Å²) in [7, 11) is 4.17. The van der Waals surface area contributed by atoms with Gasteiger partial charge in [0.2, 0.25) is 0 Å². The van der Waals surface area contributed by atoms with Gasteiger partial charge in [-0.1, -0.05) is 0 Å². The van der Waals surface area contributed by atoms with E-state index in [1.807, 2.05) is 18.8 Å². The van der Waals surface area contributed by atoms with Gasteiger partial charge in [0.15, 0.2) is 10.8 Å². The molecular weight excluding hydrogens is 264 g/mol. The zero-order chi connectivity index (χ0) is 12.5. The summed E-state index contributed by atoms with van der Waals surface area (Å²) in [5.74, 6) is 3.64. The number of fused-ring (bicyclic) bond motifs is 1. The minimum absolute atomic E-state index is 0.634. The van der Waals surface area contributed by atoms with Crippen LogP contribution in [0.2, 0.25) is 0 Å². The van der Waals surface area contributed by atoms with Crippen LogP contribution in [0.15, 0.2) is 11.6 Å². The van der Waals surface area contributed by atoms with Gasteiger partial charge in [0.05, 0.1) is 5.69 Å². The van der Waals surface area contributed by atoms with Gasteiger partial charge in [0.25, 0.3) is 0 Å². The molecule has 98 valence electrons. The highest BCUT2D eigenvalue weighted by Crippen LogP contribution is 2.29. The summed E-state index contributed by atoms with van der Waals surface area (Å²) in [6.07, 6.45) is 3.38. The molecule has 4 nitrogen and oxygen atoms in total. The molecule has 1 fully saturated rings. The van der Waals surface area contributed by atoms with E-state index in [-0.39, 0.29) is 0 Å². The molecule has 2 aromatic rings. The van der Waals surface area contributed by atoms with Crippen LogP contribution in [0.25, 0.3) is 4.96 Å². The zero-order valence-electron chi connectivity index (χ0n) is 10.7. The molecule has 0 aromatic carbocycles. The maximum atomic E-state index is 4.79. The molecule has 0 radical (unpaired) electrons. The first-order valence-corrected chi connectivity index (χ1v) is 8.24. The summed E-state index contributed by atoms with van der Waals surface area (Å²) >= 11 is 3.74. The number of aromatic nitrogens is 2. The Labute approximate surface area is 115 Å². The van der Waals surface area contributed by atoms with Crippen molar-refractivity contribution < 1.29 is 0 Å². The third-order valence-electron chi connectivity index (χ3n) is 3.47. The van der Waals surface area contributed by atoms with Crippen molar-refractivity contribution in [2.24, 2.45) is 0 Å². The number of rotatable bonds is 4. The van der Waals surface area contributed by atoms with Gasteiger partial charge < -0.3 is 10.2 Å². The molecule has 1 atom stereocenters. The topological polar surface area (TPSA) is 32.6 Å². The first-order valence-electron chi connectivity index (χ1n) is 6.21. The lowest BCUT2D eigenvalue weighted by atomic mass is 10.2. The smallest absolute Gasteiger partial charge is 0.195 e. The van der Waals surface area contributed by atoms with Gasteiger partial charge in [-0.05, 0) is 19.2 Å². The normalized spacial score (nSPS) is 19.8. The number of anilines is 1. The first-order chi connectivity index (χ1) is 8.81. The van der Waals surface area contributed by atoms with Crippen molar-refractivity contribution in [2.45, 2.75) is 19.0 Å². The second kappa shape index (κ2) is 5.11. The molecule has 0 bridgehead atoms. The molecule has 1 N–H and O–H groups in total. The van der Waals surface area contributed by atoms with E-state index in [1.165, 1.54) is 23.6 Å². The molecule has 1 aliphatic rings. The van der Waals surface area contributed by atoms with E-state index < -0.39 is 0 Å². The fraction of sp³-hybridized carbons (Fsp3) is 0.583. The van der Waals surface area contributed by atoms with Crippen molar-refractivity contribution in [1.82, 2.24) is 14.7 Å². The summed E-state index contributed by atoms with van der Waals surface area (Å²) in [6, 6.07) is 0.634. The lowest BCUT2D eigenvalue weighted by molar-refractivity contribution is 0.683. The van der Waals surface area contributed by atoms with Crippen molar-refractivity contribution in [3.05, 3.63) is 17.3 Å². The van der Waals surface area contributed by atoms with E-state index in [9.17, 15) is 0 Å². The highest BCUT2D eigenvalue weighted by Gasteiger charge is 2.25. The number of nitrogens with zero attached hydrogens (tertiary/aromatic N) is 3. The van der Waals surface area contributed by atoms with E-state index in [0.717, 1.165) is 17.3 Å². The Morgan fingerprint density at radius 3 is 3.22 bits per heavy atom. The largest absolute Gasteiger partial charge is 0.354 e. The molecule has 0 spiro atoms. The summed E-state index contributed by atoms with van der Waals surface area (Å²) < 4.78 is 2.20. The number of hydrogen-bond donors (Lipinski definition) is 1. The minimum atomic E-state index is 0.634. The Morgan fingerprint density at radius 1 is 1.61 bits per heavy atom. The van der Waals surface area contributed by atoms with Gasteiger partial charge in [-0.15, -0.1) is 11.3 Å². The van der Waals surface area contributed by atoms with Crippen LogP contribution >= 0.6 is 23.1 Å². The summed E-state index contributed by atoms with van der Waals surface area (Å²) in [6.45, 7) is 0.859. The predicted molar refractivity (Wildman–Crippen MR) is 80.0 cm³/mol. The second-order valence-corrected chi connectivity index (χ2v) is 6.62. The number of imidazole rings is 1. The van der Waals surface area contributed by atoms with Gasteiger partial charge in [-0.25, -0.2) is 4.98 Å². The number of nitrogens with one attached hydrogen (secondary N) is 1. The van der Waals surface area contributed by atoms with Gasteiger partial charge in [0, 0.05) is 37.0 Å². The van der Waals surface area contributed by atoms with E-state index >= 15 is 0 Å². The van der Waals surface area contributed by atoms with E-state index in [0.29, 0.717) is 6.04 Å². The Balaban J connectivity index is 1.98. The molecule has 0 amide bonds. The van der Waals surface area contributed by atoms with Gasteiger partial charge in [0.1, 0.15) is 0 Å². The van der Waals surface area contributed by atoms with Crippen LogP contribution < -0.4 is 10.2 Å². The molecule has 2 aromatic heterocycles. The Hall–Kier alpha value is -0.720. The predicted octanol–water partition coefficient (Wildman–Crippen LogP) is 2.06. The minimum Gasteiger partial charge on any atom is -0.354 e. The van der Waals surface area contributed by atoms with Gasteiger partial charge >= 0.3 is 0 Å². The third-order valence-corrected chi connectivity index (χ3v) is 5.37. The first kappa shape index (κ1) is 12.3. The van der Waals surface area contributed by atoms with Crippen LogP contribution in [0, 0.1) is 0 Å². The molecule has 1 unspecified atom stereocenters. The quantitative estimate of drug-likeness (QED) is 0.930. The Morgan fingerprint density at radius 2 is 2.50 bits per heavy atom. The fourth-order valence-electron chi connectivity index (χ4n) is 2.44. The molecule has 1 saturated heterocycles. The van der Waals surface area contributed by atoms with Gasteiger partial charge in [-0.2, -0.15) is 11.8 Å². The highest BCUT2D eigenvalue weighted by molar-refractivity contribution is 7.99. The van der Waals surface area contributed by atoms with Crippen molar-refractivity contribution in [3.63, 3.8) is 0 Å². The van der Waals surface area contributed by atoms with Crippen LogP contribution in [0.4, 0.5) is 5.82 Å². The molecule has 18 heavy (non-hydrogen) atoms. The lowest BCUT2D eigenvalue weighted by Gasteiger charge is -2.24. The molecule has 0 aliphatic carbocycles. The van der Waals surface area contributed by atoms with Gasteiger partial charge in [-0.3, -0.25) is 4.40 Å². The average Bonchev–Trinajstić information content (AvgIpc) is 3.06. The Bertz CT molecular complexity index is 527. The van der Waals surface area contributed by atoms with Crippen LogP contribution in [-0.2, 0) is 6.54 Å². The lowest BCUT2D eigenvalue weighted by Crippen LogP contribution is -2.32. The molecule has 3 rings (SSSR count). The maximum absolute atomic E-state index is 4.79. The SMILES string of the molecule is CNCc1c(N(C)C2CCSC2)nc2sccn12. The van der Waals surface area contributed by atoms with Crippen LogP contribution in [-0.4, -0.2) is 41.0 Å².